The Bertz CT molecular complexity index is 800. The third-order valence-corrected chi connectivity index (χ3v) is 6.60. The summed E-state index contributed by atoms with van der Waals surface area (Å²) in [7, 11) is 1.81. The Morgan fingerprint density at radius 1 is 1.17 bits per heavy atom. The van der Waals surface area contributed by atoms with Crippen molar-refractivity contribution in [2.45, 2.75) is 26.8 Å². The Morgan fingerprint density at radius 3 is 2.53 bits per heavy atom. The third kappa shape index (κ3) is 7.25. The van der Waals surface area contributed by atoms with Gasteiger partial charge in [-0.2, -0.15) is 0 Å². The molecular weight excluding hydrogens is 531 g/mol. The molecule has 0 spiro atoms. The van der Waals surface area contributed by atoms with Crippen molar-refractivity contribution in [1.82, 2.24) is 20.5 Å². The van der Waals surface area contributed by atoms with Crippen molar-refractivity contribution < 1.29 is 0 Å². The summed E-state index contributed by atoms with van der Waals surface area (Å²) in [6, 6.07) is 8.11. The molecule has 0 unspecified atom stereocenters. The van der Waals surface area contributed by atoms with E-state index in [1.54, 1.807) is 11.3 Å². The van der Waals surface area contributed by atoms with E-state index in [4.69, 9.17) is 11.6 Å². The third-order valence-electron chi connectivity index (χ3n) is 5.21. The van der Waals surface area contributed by atoms with E-state index in [9.17, 15) is 0 Å². The quantitative estimate of drug-likeness (QED) is 0.232. The first-order chi connectivity index (χ1) is 14.1. The molecule has 1 aliphatic rings. The average Bonchev–Trinajstić information content (AvgIpc) is 3.06. The van der Waals surface area contributed by atoms with E-state index in [0.717, 1.165) is 73.1 Å². The second-order valence-electron chi connectivity index (χ2n) is 7.24. The summed E-state index contributed by atoms with van der Waals surface area (Å²) < 4.78 is 0. The molecule has 2 heterocycles. The molecule has 1 aromatic carbocycles. The summed E-state index contributed by atoms with van der Waals surface area (Å²) in [5.41, 5.74) is 2.26. The van der Waals surface area contributed by atoms with Crippen molar-refractivity contribution in [2.24, 2.45) is 4.99 Å². The SMILES string of the molecule is CN=C(NCCCN1CCN(c2ccccc2Cl)CC1)NCc1nc(C)c(C)s1.I. The molecule has 3 rings (SSSR count). The zero-order chi connectivity index (χ0) is 20.6. The number of guanidine groups is 1. The standard InChI is InChI=1S/C21H31ClN6S.HI/c1-16-17(2)29-20(26-16)15-25-21(23-3)24-9-6-10-27-11-13-28(14-12-27)19-8-5-4-7-18(19)22;/h4-5,7-8H,6,9-15H2,1-3H3,(H2,23,24,25);1H. The van der Waals surface area contributed by atoms with Gasteiger partial charge in [0.25, 0.3) is 0 Å². The topological polar surface area (TPSA) is 55.8 Å². The molecule has 1 aromatic heterocycles. The molecule has 0 aliphatic carbocycles. The van der Waals surface area contributed by atoms with Gasteiger partial charge >= 0.3 is 0 Å². The number of para-hydroxylation sites is 1. The molecule has 0 bridgehead atoms. The van der Waals surface area contributed by atoms with Gasteiger partial charge in [0.05, 0.1) is 22.9 Å². The van der Waals surface area contributed by atoms with E-state index in [1.807, 2.05) is 19.2 Å². The Balaban J connectivity index is 0.00000320. The van der Waals surface area contributed by atoms with Crippen LogP contribution < -0.4 is 15.5 Å². The molecule has 2 aromatic rings. The fourth-order valence-electron chi connectivity index (χ4n) is 3.42. The fraction of sp³-hybridized carbons (Fsp3) is 0.524. The van der Waals surface area contributed by atoms with Crippen LogP contribution in [0.2, 0.25) is 5.02 Å². The summed E-state index contributed by atoms with van der Waals surface area (Å²) in [6.07, 6.45) is 1.09. The molecule has 6 nitrogen and oxygen atoms in total. The van der Waals surface area contributed by atoms with E-state index >= 15 is 0 Å². The molecule has 1 aliphatic heterocycles. The van der Waals surface area contributed by atoms with Gasteiger partial charge < -0.3 is 15.5 Å². The number of benzene rings is 1. The van der Waals surface area contributed by atoms with E-state index in [-0.39, 0.29) is 24.0 Å². The summed E-state index contributed by atoms with van der Waals surface area (Å²) >= 11 is 8.07. The number of hydrogen-bond donors (Lipinski definition) is 2. The number of halogens is 2. The number of rotatable bonds is 7. The highest BCUT2D eigenvalue weighted by atomic mass is 127. The van der Waals surface area contributed by atoms with Crippen LogP contribution in [0.25, 0.3) is 0 Å². The molecule has 9 heteroatoms. The van der Waals surface area contributed by atoms with Gasteiger partial charge in [0.15, 0.2) is 5.96 Å². The van der Waals surface area contributed by atoms with Crippen LogP contribution in [0.3, 0.4) is 0 Å². The van der Waals surface area contributed by atoms with E-state index < -0.39 is 0 Å². The van der Waals surface area contributed by atoms with Crippen LogP contribution in [-0.2, 0) is 6.54 Å². The second kappa shape index (κ2) is 12.7. The highest BCUT2D eigenvalue weighted by molar-refractivity contribution is 14.0. The maximum atomic E-state index is 6.33. The summed E-state index contributed by atoms with van der Waals surface area (Å²) in [5.74, 6) is 0.832. The first kappa shape index (κ1) is 25.2. The second-order valence-corrected chi connectivity index (χ2v) is 8.93. The largest absolute Gasteiger partial charge is 0.368 e. The summed E-state index contributed by atoms with van der Waals surface area (Å²) in [4.78, 5) is 15.0. The number of aryl methyl sites for hydroxylation is 2. The van der Waals surface area contributed by atoms with Crippen LogP contribution in [0, 0.1) is 13.8 Å². The van der Waals surface area contributed by atoms with Gasteiger partial charge in [-0.25, -0.2) is 4.98 Å². The summed E-state index contributed by atoms with van der Waals surface area (Å²) in [6.45, 7) is 11.0. The van der Waals surface area contributed by atoms with Gasteiger partial charge in [-0.15, -0.1) is 35.3 Å². The van der Waals surface area contributed by atoms with Crippen LogP contribution in [0.1, 0.15) is 22.0 Å². The van der Waals surface area contributed by atoms with Gasteiger partial charge in [0, 0.05) is 44.6 Å². The molecule has 1 fully saturated rings. The van der Waals surface area contributed by atoms with Crippen LogP contribution in [-0.4, -0.2) is 62.2 Å². The number of thiazole rings is 1. The predicted octanol–water partition coefficient (Wildman–Crippen LogP) is 3.91. The lowest BCUT2D eigenvalue weighted by atomic mass is 10.2. The van der Waals surface area contributed by atoms with E-state index in [2.05, 4.69) is 56.4 Å². The monoisotopic (exact) mass is 562 g/mol. The van der Waals surface area contributed by atoms with Gasteiger partial charge in [-0.1, -0.05) is 23.7 Å². The van der Waals surface area contributed by atoms with Gasteiger partial charge in [0.1, 0.15) is 5.01 Å². The minimum Gasteiger partial charge on any atom is -0.368 e. The number of hydrogen-bond acceptors (Lipinski definition) is 5. The maximum absolute atomic E-state index is 6.33. The number of nitrogens with one attached hydrogen (secondary N) is 2. The van der Waals surface area contributed by atoms with E-state index in [1.165, 1.54) is 4.88 Å². The molecule has 0 radical (unpaired) electrons. The molecule has 1 saturated heterocycles. The lowest BCUT2D eigenvalue weighted by Gasteiger charge is -2.36. The van der Waals surface area contributed by atoms with Crippen molar-refractivity contribution in [3.63, 3.8) is 0 Å². The zero-order valence-electron chi connectivity index (χ0n) is 17.9. The minimum atomic E-state index is 0. The zero-order valence-corrected chi connectivity index (χ0v) is 21.9. The van der Waals surface area contributed by atoms with Crippen molar-refractivity contribution in [1.29, 1.82) is 0 Å². The lowest BCUT2D eigenvalue weighted by molar-refractivity contribution is 0.255. The first-order valence-electron chi connectivity index (χ1n) is 10.2. The van der Waals surface area contributed by atoms with Crippen LogP contribution in [0.15, 0.2) is 29.3 Å². The minimum absolute atomic E-state index is 0. The highest BCUT2D eigenvalue weighted by Gasteiger charge is 2.18. The highest BCUT2D eigenvalue weighted by Crippen LogP contribution is 2.26. The van der Waals surface area contributed by atoms with Gasteiger partial charge in [-0.05, 0) is 38.9 Å². The van der Waals surface area contributed by atoms with E-state index in [0.29, 0.717) is 6.54 Å². The molecule has 0 amide bonds. The Kier molecular flexibility index (Phi) is 10.6. The number of aliphatic imine (C=N–C) groups is 1. The maximum Gasteiger partial charge on any atom is 0.191 e. The Morgan fingerprint density at radius 2 is 1.90 bits per heavy atom. The lowest BCUT2D eigenvalue weighted by Crippen LogP contribution is -2.47. The average molecular weight is 563 g/mol. The fourth-order valence-corrected chi connectivity index (χ4v) is 4.55. The van der Waals surface area contributed by atoms with Crippen molar-refractivity contribution in [2.75, 3.05) is 51.2 Å². The number of nitrogens with zero attached hydrogens (tertiary/aromatic N) is 4. The van der Waals surface area contributed by atoms with Crippen LogP contribution in [0.5, 0.6) is 0 Å². The molecule has 166 valence electrons. The number of anilines is 1. The van der Waals surface area contributed by atoms with Crippen molar-refractivity contribution in [3.05, 3.63) is 44.9 Å². The molecule has 2 N–H and O–H groups in total. The molecule has 0 atom stereocenters. The molecule has 0 saturated carbocycles. The number of piperazine rings is 1. The van der Waals surface area contributed by atoms with Crippen molar-refractivity contribution in [3.8, 4) is 0 Å². The number of aromatic nitrogens is 1. The van der Waals surface area contributed by atoms with Crippen LogP contribution in [0.4, 0.5) is 5.69 Å². The first-order valence-corrected chi connectivity index (χ1v) is 11.4. The smallest absolute Gasteiger partial charge is 0.191 e. The van der Waals surface area contributed by atoms with Gasteiger partial charge in [-0.3, -0.25) is 9.89 Å². The summed E-state index contributed by atoms with van der Waals surface area (Å²) in [5, 5.41) is 8.69. The molecular formula is C21H32ClIN6S. The van der Waals surface area contributed by atoms with Crippen LogP contribution >= 0.6 is 46.9 Å². The molecule has 30 heavy (non-hydrogen) atoms. The predicted molar refractivity (Wildman–Crippen MR) is 140 cm³/mol. The van der Waals surface area contributed by atoms with Gasteiger partial charge in [0.2, 0.25) is 0 Å². The Hall–Kier alpha value is -1.10. The van der Waals surface area contributed by atoms with Crippen molar-refractivity contribution >= 4 is 58.6 Å². The Labute approximate surface area is 206 Å². The normalized spacial score (nSPS) is 15.1.